The molecular weight excluding hydrogens is 372 g/mol. The molecule has 0 bridgehead atoms. The van der Waals surface area contributed by atoms with E-state index in [9.17, 15) is 9.59 Å². The lowest BCUT2D eigenvalue weighted by atomic mass is 10.0. The number of carbonyl (C=O) groups is 2. The van der Waals surface area contributed by atoms with Gasteiger partial charge in [0.15, 0.2) is 18.1 Å². The van der Waals surface area contributed by atoms with Gasteiger partial charge in [-0.1, -0.05) is 12.1 Å². The van der Waals surface area contributed by atoms with Gasteiger partial charge in [-0.05, 0) is 43.2 Å². The summed E-state index contributed by atoms with van der Waals surface area (Å²) in [7, 11) is 0. The lowest BCUT2D eigenvalue weighted by Crippen LogP contribution is -2.35. The molecule has 0 unspecified atom stereocenters. The van der Waals surface area contributed by atoms with E-state index in [2.05, 4.69) is 0 Å². The number of benzene rings is 2. The summed E-state index contributed by atoms with van der Waals surface area (Å²) in [6.07, 6.45) is 0.144. The highest BCUT2D eigenvalue weighted by atomic mass is 16.6. The minimum atomic E-state index is -0.554. The second-order valence-electron chi connectivity index (χ2n) is 6.61. The van der Waals surface area contributed by atoms with Crippen LogP contribution < -0.4 is 14.4 Å². The molecular formula is C22H22N2O5. The van der Waals surface area contributed by atoms with Gasteiger partial charge in [-0.15, -0.1) is 0 Å². The maximum Gasteiger partial charge on any atom is 0.338 e. The van der Waals surface area contributed by atoms with Crippen molar-refractivity contribution in [2.24, 2.45) is 0 Å². The standard InChI is InChI=1S/C22H22N2O5/c1-15-5-3-6-18(16(15)2)22(26)29-14-21(25)24(10-4-9-23)17-7-8-19-20(13-17)28-12-11-27-19/h3,5-8,13H,4,10-12,14H2,1-2H3. The second kappa shape index (κ2) is 9.11. The predicted molar refractivity (Wildman–Crippen MR) is 106 cm³/mol. The van der Waals surface area contributed by atoms with Crippen molar-refractivity contribution in [1.82, 2.24) is 0 Å². The van der Waals surface area contributed by atoms with Gasteiger partial charge in [0, 0.05) is 18.3 Å². The third-order valence-electron chi connectivity index (χ3n) is 4.74. The number of nitriles is 1. The first kappa shape index (κ1) is 20.2. The van der Waals surface area contributed by atoms with E-state index in [0.717, 1.165) is 11.1 Å². The molecule has 0 aromatic heterocycles. The molecule has 0 fully saturated rings. The molecule has 0 spiro atoms. The Labute approximate surface area is 169 Å². The average molecular weight is 394 g/mol. The smallest absolute Gasteiger partial charge is 0.338 e. The molecule has 3 rings (SSSR count). The monoisotopic (exact) mass is 394 g/mol. The molecule has 150 valence electrons. The molecule has 0 N–H and O–H groups in total. The van der Waals surface area contributed by atoms with Gasteiger partial charge in [0.25, 0.3) is 5.91 Å². The number of hydrogen-bond donors (Lipinski definition) is 0. The zero-order chi connectivity index (χ0) is 20.8. The zero-order valence-electron chi connectivity index (χ0n) is 16.4. The summed E-state index contributed by atoms with van der Waals surface area (Å²) in [5, 5.41) is 8.94. The molecule has 0 radical (unpaired) electrons. The van der Waals surface area contributed by atoms with Crippen molar-refractivity contribution in [2.45, 2.75) is 20.3 Å². The highest BCUT2D eigenvalue weighted by molar-refractivity contribution is 5.98. The SMILES string of the molecule is Cc1cccc(C(=O)OCC(=O)N(CCC#N)c2ccc3c(c2)OCCO3)c1C. The Balaban J connectivity index is 1.73. The van der Waals surface area contributed by atoms with E-state index in [1.165, 1.54) is 4.90 Å². The molecule has 0 saturated carbocycles. The summed E-state index contributed by atoms with van der Waals surface area (Å²) in [6.45, 7) is 4.39. The van der Waals surface area contributed by atoms with E-state index in [-0.39, 0.29) is 13.0 Å². The molecule has 2 aromatic carbocycles. The molecule has 29 heavy (non-hydrogen) atoms. The Bertz CT molecular complexity index is 964. The van der Waals surface area contributed by atoms with Crippen LogP contribution in [-0.4, -0.2) is 38.2 Å². The van der Waals surface area contributed by atoms with Crippen molar-refractivity contribution >= 4 is 17.6 Å². The first-order valence-corrected chi connectivity index (χ1v) is 9.31. The van der Waals surface area contributed by atoms with Crippen molar-refractivity contribution in [2.75, 3.05) is 31.3 Å². The number of anilines is 1. The minimum absolute atomic E-state index is 0.144. The van der Waals surface area contributed by atoms with Crippen LogP contribution in [0.15, 0.2) is 36.4 Å². The van der Waals surface area contributed by atoms with Gasteiger partial charge in [0.1, 0.15) is 13.2 Å². The number of ether oxygens (including phenoxy) is 3. The van der Waals surface area contributed by atoms with Crippen molar-refractivity contribution < 1.29 is 23.8 Å². The fourth-order valence-corrected chi connectivity index (χ4v) is 3.01. The van der Waals surface area contributed by atoms with Gasteiger partial charge in [-0.25, -0.2) is 4.79 Å². The summed E-state index contributed by atoms with van der Waals surface area (Å²) in [6, 6.07) is 12.5. The van der Waals surface area contributed by atoms with Gasteiger partial charge < -0.3 is 19.1 Å². The number of rotatable bonds is 6. The average Bonchev–Trinajstić information content (AvgIpc) is 2.74. The van der Waals surface area contributed by atoms with Crippen LogP contribution in [0.25, 0.3) is 0 Å². The highest BCUT2D eigenvalue weighted by Crippen LogP contribution is 2.34. The van der Waals surface area contributed by atoms with Crippen LogP contribution in [0.3, 0.4) is 0 Å². The number of carbonyl (C=O) groups excluding carboxylic acids is 2. The molecule has 0 aliphatic carbocycles. The number of esters is 1. The lowest BCUT2D eigenvalue weighted by molar-refractivity contribution is -0.121. The fraction of sp³-hybridized carbons (Fsp3) is 0.318. The van der Waals surface area contributed by atoms with Crippen molar-refractivity contribution in [3.8, 4) is 17.6 Å². The normalized spacial score (nSPS) is 12.0. The second-order valence-corrected chi connectivity index (χ2v) is 6.61. The van der Waals surface area contributed by atoms with Crippen LogP contribution in [0.2, 0.25) is 0 Å². The van der Waals surface area contributed by atoms with Crippen LogP contribution in [0.1, 0.15) is 27.9 Å². The van der Waals surface area contributed by atoms with E-state index in [1.807, 2.05) is 26.0 Å². The Morgan fingerprint density at radius 1 is 1.14 bits per heavy atom. The van der Waals surface area contributed by atoms with E-state index in [4.69, 9.17) is 19.5 Å². The Kier molecular flexibility index (Phi) is 6.35. The first-order valence-electron chi connectivity index (χ1n) is 9.31. The summed E-state index contributed by atoms with van der Waals surface area (Å²) in [5.41, 5.74) is 2.77. The molecule has 7 nitrogen and oxygen atoms in total. The topological polar surface area (TPSA) is 88.9 Å². The molecule has 0 saturated heterocycles. The maximum absolute atomic E-state index is 12.8. The minimum Gasteiger partial charge on any atom is -0.486 e. The third kappa shape index (κ3) is 4.66. The van der Waals surface area contributed by atoms with Crippen LogP contribution >= 0.6 is 0 Å². The number of amides is 1. The Hall–Kier alpha value is -3.53. The molecule has 1 heterocycles. The van der Waals surface area contributed by atoms with Gasteiger partial charge in [-0.2, -0.15) is 5.26 Å². The molecule has 1 amide bonds. The van der Waals surface area contributed by atoms with E-state index in [0.29, 0.717) is 36.0 Å². The van der Waals surface area contributed by atoms with E-state index < -0.39 is 18.5 Å². The van der Waals surface area contributed by atoms with Crippen molar-refractivity contribution in [3.05, 3.63) is 53.1 Å². The molecule has 1 aliphatic rings. The largest absolute Gasteiger partial charge is 0.486 e. The molecule has 0 atom stereocenters. The van der Waals surface area contributed by atoms with Crippen LogP contribution in [0.5, 0.6) is 11.5 Å². The Morgan fingerprint density at radius 2 is 1.90 bits per heavy atom. The summed E-state index contributed by atoms with van der Waals surface area (Å²) in [4.78, 5) is 26.6. The quantitative estimate of drug-likeness (QED) is 0.699. The number of fused-ring (bicyclic) bond motifs is 1. The molecule has 7 heteroatoms. The summed E-state index contributed by atoms with van der Waals surface area (Å²) >= 11 is 0. The first-order chi connectivity index (χ1) is 14.0. The summed E-state index contributed by atoms with van der Waals surface area (Å²) < 4.78 is 16.3. The zero-order valence-corrected chi connectivity index (χ0v) is 16.4. The van der Waals surface area contributed by atoms with Gasteiger partial charge in [-0.3, -0.25) is 4.79 Å². The molecule has 1 aliphatic heterocycles. The third-order valence-corrected chi connectivity index (χ3v) is 4.74. The Morgan fingerprint density at radius 3 is 2.66 bits per heavy atom. The number of hydrogen-bond acceptors (Lipinski definition) is 6. The molecule has 2 aromatic rings. The van der Waals surface area contributed by atoms with Crippen LogP contribution in [0, 0.1) is 25.2 Å². The van der Waals surface area contributed by atoms with Crippen LogP contribution in [0.4, 0.5) is 5.69 Å². The van der Waals surface area contributed by atoms with E-state index >= 15 is 0 Å². The van der Waals surface area contributed by atoms with Crippen molar-refractivity contribution in [3.63, 3.8) is 0 Å². The van der Waals surface area contributed by atoms with Gasteiger partial charge in [0.2, 0.25) is 0 Å². The van der Waals surface area contributed by atoms with E-state index in [1.54, 1.807) is 30.3 Å². The number of nitrogens with zero attached hydrogens (tertiary/aromatic N) is 2. The maximum atomic E-state index is 12.8. The lowest BCUT2D eigenvalue weighted by Gasteiger charge is -2.24. The number of aryl methyl sites for hydroxylation is 1. The summed E-state index contributed by atoms with van der Waals surface area (Å²) in [5.74, 6) is 0.169. The predicted octanol–water partition coefficient (Wildman–Crippen LogP) is 3.18. The van der Waals surface area contributed by atoms with Gasteiger partial charge in [0.05, 0.1) is 18.1 Å². The highest BCUT2D eigenvalue weighted by Gasteiger charge is 2.21. The van der Waals surface area contributed by atoms with Crippen molar-refractivity contribution in [1.29, 1.82) is 5.26 Å². The van der Waals surface area contributed by atoms with Gasteiger partial charge >= 0.3 is 5.97 Å². The fourth-order valence-electron chi connectivity index (χ4n) is 3.01. The van der Waals surface area contributed by atoms with Crippen LogP contribution in [-0.2, 0) is 9.53 Å².